The molecule has 21 heavy (non-hydrogen) atoms. The number of hydrogen-bond donors (Lipinski definition) is 1. The summed E-state index contributed by atoms with van der Waals surface area (Å²) in [6, 6.07) is 5.96. The maximum absolute atomic E-state index is 10.2. The number of nitrogens with zero attached hydrogens (tertiary/aromatic N) is 1. The highest BCUT2D eigenvalue weighted by molar-refractivity contribution is 5.42. The minimum Gasteiger partial charge on any atom is -0.493 e. The molecule has 4 heteroatoms. The maximum Gasteiger partial charge on any atom is 0.161 e. The molecule has 0 bridgehead atoms. The normalized spacial score (nSPS) is 26.6. The molecule has 0 aliphatic carbocycles. The van der Waals surface area contributed by atoms with Crippen molar-refractivity contribution < 1.29 is 14.6 Å². The molecule has 2 atom stereocenters. The molecule has 0 radical (unpaired) electrons. The standard InChI is InChI=1S/C17H27NO3/c1-13-5-6-15(16(11-13)20-4)21-10-9-18-8-7-17(3,19)14(2)12-18/h5-6,11,14,19H,7-10,12H2,1-4H3/t14-,17+/m0/s1. The number of aryl methyl sites for hydroxylation is 1. The SMILES string of the molecule is COc1cc(C)ccc1OCCN1CC[C@@](C)(O)[C@@H](C)C1. The predicted molar refractivity (Wildman–Crippen MR) is 84.1 cm³/mol. The van der Waals surface area contributed by atoms with Crippen molar-refractivity contribution in [1.82, 2.24) is 4.90 Å². The molecule has 0 unspecified atom stereocenters. The predicted octanol–water partition coefficient (Wildman–Crippen LogP) is 2.48. The van der Waals surface area contributed by atoms with E-state index in [4.69, 9.17) is 9.47 Å². The van der Waals surface area contributed by atoms with Gasteiger partial charge in [0.15, 0.2) is 11.5 Å². The summed E-state index contributed by atoms with van der Waals surface area (Å²) in [6.45, 7) is 9.42. The molecule has 4 nitrogen and oxygen atoms in total. The van der Waals surface area contributed by atoms with Crippen molar-refractivity contribution in [2.24, 2.45) is 5.92 Å². The first-order valence-electron chi connectivity index (χ1n) is 7.64. The summed E-state index contributed by atoms with van der Waals surface area (Å²) >= 11 is 0. The average molecular weight is 293 g/mol. The van der Waals surface area contributed by atoms with Gasteiger partial charge in [-0.1, -0.05) is 13.0 Å². The fraction of sp³-hybridized carbons (Fsp3) is 0.647. The van der Waals surface area contributed by atoms with Crippen LogP contribution in [-0.2, 0) is 0 Å². The van der Waals surface area contributed by atoms with Crippen LogP contribution in [0.2, 0.25) is 0 Å². The summed E-state index contributed by atoms with van der Waals surface area (Å²) in [5.41, 5.74) is 0.628. The Morgan fingerprint density at radius 3 is 2.81 bits per heavy atom. The van der Waals surface area contributed by atoms with Crippen LogP contribution in [0.15, 0.2) is 18.2 Å². The highest BCUT2D eigenvalue weighted by Gasteiger charge is 2.34. The third-order valence-electron chi connectivity index (χ3n) is 4.51. The van der Waals surface area contributed by atoms with Gasteiger partial charge in [0.2, 0.25) is 0 Å². The largest absolute Gasteiger partial charge is 0.493 e. The van der Waals surface area contributed by atoms with Crippen LogP contribution in [0.3, 0.4) is 0 Å². The van der Waals surface area contributed by atoms with Gasteiger partial charge < -0.3 is 14.6 Å². The monoisotopic (exact) mass is 293 g/mol. The number of aliphatic hydroxyl groups is 1. The molecule has 1 heterocycles. The van der Waals surface area contributed by atoms with Gasteiger partial charge in [0, 0.05) is 19.6 Å². The second kappa shape index (κ2) is 6.67. The molecule has 0 amide bonds. The number of likely N-dealkylation sites (tertiary alicyclic amines) is 1. The van der Waals surface area contributed by atoms with E-state index in [1.165, 1.54) is 0 Å². The molecule has 0 spiro atoms. The summed E-state index contributed by atoms with van der Waals surface area (Å²) < 4.78 is 11.2. The highest BCUT2D eigenvalue weighted by Crippen LogP contribution is 2.29. The first-order chi connectivity index (χ1) is 9.92. The molecule has 0 saturated carbocycles. The number of piperidine rings is 1. The van der Waals surface area contributed by atoms with Crippen molar-refractivity contribution in [3.63, 3.8) is 0 Å². The van der Waals surface area contributed by atoms with Gasteiger partial charge in [-0.2, -0.15) is 0 Å². The van der Waals surface area contributed by atoms with Crippen molar-refractivity contribution in [3.8, 4) is 11.5 Å². The lowest BCUT2D eigenvalue weighted by Gasteiger charge is -2.41. The van der Waals surface area contributed by atoms with Crippen LogP contribution in [0.1, 0.15) is 25.8 Å². The molecule has 1 saturated heterocycles. The average Bonchev–Trinajstić information content (AvgIpc) is 2.44. The summed E-state index contributed by atoms with van der Waals surface area (Å²) in [5.74, 6) is 1.87. The van der Waals surface area contributed by atoms with Gasteiger partial charge in [-0.25, -0.2) is 0 Å². The smallest absolute Gasteiger partial charge is 0.161 e. The zero-order chi connectivity index (χ0) is 15.5. The van der Waals surface area contributed by atoms with Crippen molar-refractivity contribution in [1.29, 1.82) is 0 Å². The Labute approximate surface area is 127 Å². The van der Waals surface area contributed by atoms with Crippen LogP contribution >= 0.6 is 0 Å². The topological polar surface area (TPSA) is 41.9 Å². The Morgan fingerprint density at radius 2 is 2.14 bits per heavy atom. The fourth-order valence-corrected chi connectivity index (χ4v) is 2.69. The summed E-state index contributed by atoms with van der Waals surface area (Å²) in [7, 11) is 1.66. The number of hydrogen-bond acceptors (Lipinski definition) is 4. The van der Waals surface area contributed by atoms with Crippen molar-refractivity contribution in [2.45, 2.75) is 32.8 Å². The van der Waals surface area contributed by atoms with Gasteiger partial charge in [0.05, 0.1) is 12.7 Å². The van der Waals surface area contributed by atoms with E-state index in [1.54, 1.807) is 7.11 Å². The Kier molecular flexibility index (Phi) is 5.12. The van der Waals surface area contributed by atoms with Gasteiger partial charge in [0.1, 0.15) is 6.61 Å². The van der Waals surface area contributed by atoms with Crippen LogP contribution in [0.25, 0.3) is 0 Å². The highest BCUT2D eigenvalue weighted by atomic mass is 16.5. The Bertz CT molecular complexity index is 473. The lowest BCUT2D eigenvalue weighted by Crippen LogP contribution is -2.49. The summed E-state index contributed by atoms with van der Waals surface area (Å²) in [6.07, 6.45) is 0.821. The van der Waals surface area contributed by atoms with Crippen LogP contribution < -0.4 is 9.47 Å². The number of rotatable bonds is 5. The molecule has 2 rings (SSSR count). The first kappa shape index (κ1) is 16.1. The molecule has 1 aromatic carbocycles. The first-order valence-corrected chi connectivity index (χ1v) is 7.64. The van der Waals surface area contributed by atoms with E-state index in [2.05, 4.69) is 11.8 Å². The number of ether oxygens (including phenoxy) is 2. The van der Waals surface area contributed by atoms with Gasteiger partial charge >= 0.3 is 0 Å². The molecule has 1 fully saturated rings. The van der Waals surface area contributed by atoms with Crippen molar-refractivity contribution >= 4 is 0 Å². The molecule has 1 aliphatic rings. The maximum atomic E-state index is 10.2. The molecule has 1 aliphatic heterocycles. The van der Waals surface area contributed by atoms with E-state index in [0.717, 1.165) is 43.1 Å². The van der Waals surface area contributed by atoms with Crippen LogP contribution in [0.5, 0.6) is 11.5 Å². The summed E-state index contributed by atoms with van der Waals surface area (Å²) in [4.78, 5) is 2.35. The third kappa shape index (κ3) is 4.11. The lowest BCUT2D eigenvalue weighted by molar-refractivity contribution is -0.0522. The van der Waals surface area contributed by atoms with Crippen LogP contribution in [0.4, 0.5) is 0 Å². The van der Waals surface area contributed by atoms with Gasteiger partial charge in [-0.15, -0.1) is 0 Å². The lowest BCUT2D eigenvalue weighted by atomic mass is 9.84. The van der Waals surface area contributed by atoms with Gasteiger partial charge in [0.25, 0.3) is 0 Å². The van der Waals surface area contributed by atoms with Crippen LogP contribution in [-0.4, -0.2) is 49.0 Å². The Balaban J connectivity index is 1.83. The zero-order valence-electron chi connectivity index (χ0n) is 13.6. The minimum atomic E-state index is -0.530. The fourth-order valence-electron chi connectivity index (χ4n) is 2.69. The molecule has 0 aromatic heterocycles. The van der Waals surface area contributed by atoms with Crippen molar-refractivity contribution in [3.05, 3.63) is 23.8 Å². The van der Waals surface area contributed by atoms with E-state index < -0.39 is 5.60 Å². The van der Waals surface area contributed by atoms with E-state index in [0.29, 0.717) is 12.5 Å². The molecule has 1 aromatic rings. The molecule has 1 N–H and O–H groups in total. The van der Waals surface area contributed by atoms with Gasteiger partial charge in [-0.05, 0) is 43.9 Å². The Hall–Kier alpha value is -1.26. The third-order valence-corrected chi connectivity index (χ3v) is 4.51. The number of methoxy groups -OCH3 is 1. The number of benzene rings is 1. The van der Waals surface area contributed by atoms with Crippen LogP contribution in [0, 0.1) is 12.8 Å². The molecule has 118 valence electrons. The second-order valence-corrected chi connectivity index (χ2v) is 6.31. The Morgan fingerprint density at radius 1 is 1.38 bits per heavy atom. The van der Waals surface area contributed by atoms with E-state index in [-0.39, 0.29) is 0 Å². The van der Waals surface area contributed by atoms with E-state index >= 15 is 0 Å². The quantitative estimate of drug-likeness (QED) is 0.905. The van der Waals surface area contributed by atoms with E-state index in [1.807, 2.05) is 32.0 Å². The summed E-state index contributed by atoms with van der Waals surface area (Å²) in [5, 5.41) is 10.2. The minimum absolute atomic E-state index is 0.292. The van der Waals surface area contributed by atoms with Gasteiger partial charge in [-0.3, -0.25) is 4.90 Å². The van der Waals surface area contributed by atoms with E-state index in [9.17, 15) is 5.11 Å². The second-order valence-electron chi connectivity index (χ2n) is 6.31. The van der Waals surface area contributed by atoms with Crippen molar-refractivity contribution in [2.75, 3.05) is 33.4 Å². The zero-order valence-corrected chi connectivity index (χ0v) is 13.6. The molecular weight excluding hydrogens is 266 g/mol. The molecular formula is C17H27NO3.